The zero-order valence-electron chi connectivity index (χ0n) is 13.7. The van der Waals surface area contributed by atoms with Crippen LogP contribution in [-0.4, -0.2) is 15.9 Å². The summed E-state index contributed by atoms with van der Waals surface area (Å²) in [5.41, 5.74) is 3.90. The zero-order chi connectivity index (χ0) is 17.6. The number of aromatic nitrogens is 2. The molecule has 1 amide bonds. The van der Waals surface area contributed by atoms with E-state index in [1.54, 1.807) is 30.7 Å². The van der Waals surface area contributed by atoms with Crippen LogP contribution in [0.2, 0.25) is 5.02 Å². The summed E-state index contributed by atoms with van der Waals surface area (Å²) >= 11 is 6.14. The quantitative estimate of drug-likeness (QED) is 0.725. The van der Waals surface area contributed by atoms with E-state index in [1.165, 1.54) is 0 Å². The number of hydrogen-bond donors (Lipinski definition) is 2. The molecule has 0 atom stereocenters. The molecule has 0 aliphatic rings. The predicted octanol–water partition coefficient (Wildman–Crippen LogP) is 4.11. The Morgan fingerprint density at radius 3 is 2.72 bits per heavy atom. The smallest absolute Gasteiger partial charge is 0.270 e. The molecule has 0 spiro atoms. The Hall–Kier alpha value is -2.92. The summed E-state index contributed by atoms with van der Waals surface area (Å²) in [4.78, 5) is 20.4. The third-order valence-electron chi connectivity index (χ3n) is 3.63. The molecule has 2 aromatic heterocycles. The van der Waals surface area contributed by atoms with E-state index in [2.05, 4.69) is 20.6 Å². The van der Waals surface area contributed by atoms with Crippen LogP contribution >= 0.6 is 11.6 Å². The minimum atomic E-state index is -0.241. The Kier molecular flexibility index (Phi) is 5.26. The highest BCUT2D eigenvalue weighted by atomic mass is 35.5. The maximum atomic E-state index is 12.3. The number of nitrogens with zero attached hydrogens (tertiary/aromatic N) is 2. The molecule has 0 aliphatic heterocycles. The minimum Gasteiger partial charge on any atom is -0.355 e. The molecule has 0 radical (unpaired) electrons. The second-order valence-electron chi connectivity index (χ2n) is 5.56. The lowest BCUT2D eigenvalue weighted by molar-refractivity contribution is 0.0946. The lowest BCUT2D eigenvalue weighted by Crippen LogP contribution is -2.23. The number of aryl methyl sites for hydroxylation is 1. The fourth-order valence-corrected chi connectivity index (χ4v) is 2.43. The van der Waals surface area contributed by atoms with Crippen LogP contribution in [0.1, 0.15) is 21.6 Å². The van der Waals surface area contributed by atoms with Crippen molar-refractivity contribution in [2.75, 3.05) is 5.32 Å². The SMILES string of the molecule is Cc1ccc(Nc2ccnc(C(=O)NCc3cccnc3)c2)cc1Cl. The van der Waals surface area contributed by atoms with Gasteiger partial charge in [-0.05, 0) is 48.4 Å². The maximum Gasteiger partial charge on any atom is 0.270 e. The number of pyridine rings is 2. The van der Waals surface area contributed by atoms with Gasteiger partial charge in [0.15, 0.2) is 0 Å². The molecule has 0 saturated carbocycles. The number of carbonyl (C=O) groups excluding carboxylic acids is 1. The van der Waals surface area contributed by atoms with Gasteiger partial charge in [-0.2, -0.15) is 0 Å². The molecule has 0 saturated heterocycles. The first-order valence-electron chi connectivity index (χ1n) is 7.78. The normalized spacial score (nSPS) is 10.3. The van der Waals surface area contributed by atoms with Crippen molar-refractivity contribution in [3.8, 4) is 0 Å². The fourth-order valence-electron chi connectivity index (χ4n) is 2.25. The van der Waals surface area contributed by atoms with Gasteiger partial charge in [-0.25, -0.2) is 0 Å². The lowest BCUT2D eigenvalue weighted by atomic mass is 10.2. The van der Waals surface area contributed by atoms with Gasteiger partial charge in [0, 0.05) is 41.5 Å². The molecule has 126 valence electrons. The number of carbonyl (C=O) groups is 1. The minimum absolute atomic E-state index is 0.241. The Morgan fingerprint density at radius 2 is 1.96 bits per heavy atom. The number of nitrogens with one attached hydrogen (secondary N) is 2. The van der Waals surface area contributed by atoms with Crippen molar-refractivity contribution in [2.24, 2.45) is 0 Å². The summed E-state index contributed by atoms with van der Waals surface area (Å²) in [7, 11) is 0. The Labute approximate surface area is 151 Å². The molecule has 6 heteroatoms. The number of amides is 1. The standard InChI is InChI=1S/C19H17ClN4O/c1-13-4-5-15(9-17(13)20)24-16-6-8-22-18(10-16)19(25)23-12-14-3-2-7-21-11-14/h2-11H,12H2,1H3,(H,22,24)(H,23,25). The van der Waals surface area contributed by atoms with Crippen LogP contribution in [-0.2, 0) is 6.54 Å². The number of rotatable bonds is 5. The number of halogens is 1. The summed E-state index contributed by atoms with van der Waals surface area (Å²) in [6.07, 6.45) is 5.00. The Balaban J connectivity index is 1.68. The number of hydrogen-bond acceptors (Lipinski definition) is 4. The van der Waals surface area contributed by atoms with Crippen molar-refractivity contribution in [3.63, 3.8) is 0 Å². The van der Waals surface area contributed by atoms with Crippen LogP contribution in [0.4, 0.5) is 11.4 Å². The van der Waals surface area contributed by atoms with Crippen molar-refractivity contribution >= 4 is 28.9 Å². The first-order valence-corrected chi connectivity index (χ1v) is 8.16. The van der Waals surface area contributed by atoms with Gasteiger partial charge in [0.1, 0.15) is 5.69 Å². The van der Waals surface area contributed by atoms with Gasteiger partial charge >= 0.3 is 0 Å². The van der Waals surface area contributed by atoms with Gasteiger partial charge in [-0.3, -0.25) is 14.8 Å². The van der Waals surface area contributed by atoms with E-state index < -0.39 is 0 Å². The van der Waals surface area contributed by atoms with Crippen molar-refractivity contribution in [3.05, 3.63) is 82.9 Å². The molecule has 0 unspecified atom stereocenters. The van der Waals surface area contributed by atoms with Crippen LogP contribution in [0.15, 0.2) is 61.1 Å². The lowest BCUT2D eigenvalue weighted by Gasteiger charge is -2.09. The van der Waals surface area contributed by atoms with Crippen LogP contribution in [0, 0.1) is 6.92 Å². The van der Waals surface area contributed by atoms with Gasteiger partial charge in [0.25, 0.3) is 5.91 Å². The molecule has 0 fully saturated rings. The second-order valence-corrected chi connectivity index (χ2v) is 5.97. The molecule has 25 heavy (non-hydrogen) atoms. The van der Waals surface area contributed by atoms with Gasteiger partial charge < -0.3 is 10.6 Å². The number of benzene rings is 1. The first-order chi connectivity index (χ1) is 12.1. The van der Waals surface area contributed by atoms with Gasteiger partial charge in [-0.15, -0.1) is 0 Å². The molecule has 3 rings (SSSR count). The largest absolute Gasteiger partial charge is 0.355 e. The molecule has 1 aromatic carbocycles. The van der Waals surface area contributed by atoms with Gasteiger partial charge in [0.2, 0.25) is 0 Å². The van der Waals surface area contributed by atoms with Crippen LogP contribution < -0.4 is 10.6 Å². The van der Waals surface area contributed by atoms with E-state index in [4.69, 9.17) is 11.6 Å². The monoisotopic (exact) mass is 352 g/mol. The second kappa shape index (κ2) is 7.77. The molecule has 2 N–H and O–H groups in total. The number of anilines is 2. The molecule has 0 aliphatic carbocycles. The van der Waals surface area contributed by atoms with Crippen LogP contribution in [0.5, 0.6) is 0 Å². The highest BCUT2D eigenvalue weighted by molar-refractivity contribution is 6.31. The van der Waals surface area contributed by atoms with Gasteiger partial charge in [0.05, 0.1) is 0 Å². The fraction of sp³-hybridized carbons (Fsp3) is 0.105. The summed E-state index contributed by atoms with van der Waals surface area (Å²) in [5, 5.41) is 6.75. The third kappa shape index (κ3) is 4.55. The van der Waals surface area contributed by atoms with E-state index >= 15 is 0 Å². The molecule has 0 bridgehead atoms. The maximum absolute atomic E-state index is 12.3. The first kappa shape index (κ1) is 16.9. The summed E-state index contributed by atoms with van der Waals surface area (Å²) in [5.74, 6) is -0.241. The highest BCUT2D eigenvalue weighted by Crippen LogP contribution is 2.23. The van der Waals surface area contributed by atoms with Crippen molar-refractivity contribution < 1.29 is 4.79 Å². The summed E-state index contributed by atoms with van der Waals surface area (Å²) < 4.78 is 0. The van der Waals surface area contributed by atoms with E-state index in [-0.39, 0.29) is 5.91 Å². The zero-order valence-corrected chi connectivity index (χ0v) is 14.4. The van der Waals surface area contributed by atoms with E-state index in [1.807, 2.05) is 37.3 Å². The van der Waals surface area contributed by atoms with E-state index in [0.717, 1.165) is 22.5 Å². The molecule has 5 nitrogen and oxygen atoms in total. The predicted molar refractivity (Wildman–Crippen MR) is 99.1 cm³/mol. The highest BCUT2D eigenvalue weighted by Gasteiger charge is 2.08. The van der Waals surface area contributed by atoms with E-state index in [0.29, 0.717) is 17.3 Å². The Morgan fingerprint density at radius 1 is 1.12 bits per heavy atom. The average molecular weight is 353 g/mol. The van der Waals surface area contributed by atoms with Crippen molar-refractivity contribution in [1.29, 1.82) is 0 Å². The van der Waals surface area contributed by atoms with Crippen molar-refractivity contribution in [1.82, 2.24) is 15.3 Å². The van der Waals surface area contributed by atoms with Crippen molar-refractivity contribution in [2.45, 2.75) is 13.5 Å². The van der Waals surface area contributed by atoms with Crippen LogP contribution in [0.3, 0.4) is 0 Å². The molecular formula is C19H17ClN4O. The summed E-state index contributed by atoms with van der Waals surface area (Å²) in [6, 6.07) is 12.9. The van der Waals surface area contributed by atoms with Gasteiger partial charge in [-0.1, -0.05) is 23.7 Å². The van der Waals surface area contributed by atoms with Crippen LogP contribution in [0.25, 0.3) is 0 Å². The molecule has 3 aromatic rings. The summed E-state index contributed by atoms with van der Waals surface area (Å²) in [6.45, 7) is 2.35. The molecule has 2 heterocycles. The molecular weight excluding hydrogens is 336 g/mol. The third-order valence-corrected chi connectivity index (χ3v) is 4.04. The Bertz CT molecular complexity index is 884. The topological polar surface area (TPSA) is 66.9 Å². The van der Waals surface area contributed by atoms with E-state index in [9.17, 15) is 4.79 Å². The average Bonchev–Trinajstić information content (AvgIpc) is 2.64.